The normalized spacial score (nSPS) is 22.5. The second-order valence-electron chi connectivity index (χ2n) is 5.43. The minimum atomic E-state index is -3.50. The summed E-state index contributed by atoms with van der Waals surface area (Å²) in [7, 11) is -1.90. The highest BCUT2D eigenvalue weighted by molar-refractivity contribution is 7.89. The summed E-state index contributed by atoms with van der Waals surface area (Å²) >= 11 is 0. The average Bonchev–Trinajstić information content (AvgIpc) is 2.50. The van der Waals surface area contributed by atoms with Crippen molar-refractivity contribution in [1.82, 2.24) is 10.0 Å². The molecular formula is C15H24N2O4S. The van der Waals surface area contributed by atoms with E-state index in [0.29, 0.717) is 19.0 Å². The monoisotopic (exact) mass is 328 g/mol. The van der Waals surface area contributed by atoms with Gasteiger partial charge in [-0.1, -0.05) is 0 Å². The molecule has 22 heavy (non-hydrogen) atoms. The Morgan fingerprint density at radius 2 is 2.00 bits per heavy atom. The molecule has 1 saturated heterocycles. The van der Waals surface area contributed by atoms with Gasteiger partial charge in [0.15, 0.2) is 0 Å². The highest BCUT2D eigenvalue weighted by Gasteiger charge is 2.26. The van der Waals surface area contributed by atoms with Gasteiger partial charge in [0.2, 0.25) is 10.0 Å². The number of benzene rings is 1. The number of piperidine rings is 1. The van der Waals surface area contributed by atoms with Gasteiger partial charge in [-0.25, -0.2) is 13.1 Å². The molecule has 0 aromatic heterocycles. The number of hydrogen-bond donors (Lipinski definition) is 2. The lowest BCUT2D eigenvalue weighted by Crippen LogP contribution is -2.51. The first-order valence-electron chi connectivity index (χ1n) is 7.50. The Morgan fingerprint density at radius 3 is 2.64 bits per heavy atom. The number of hydrogen-bond acceptors (Lipinski definition) is 5. The zero-order valence-corrected chi connectivity index (χ0v) is 13.9. The molecule has 2 rings (SSSR count). The van der Waals surface area contributed by atoms with Crippen molar-refractivity contribution >= 4 is 10.0 Å². The Balaban J connectivity index is 1.99. The largest absolute Gasteiger partial charge is 0.491 e. The molecule has 124 valence electrons. The van der Waals surface area contributed by atoms with Crippen molar-refractivity contribution in [1.29, 1.82) is 0 Å². The van der Waals surface area contributed by atoms with Crippen LogP contribution in [0.1, 0.15) is 19.8 Å². The molecule has 1 aromatic carbocycles. The number of rotatable bonds is 7. The first-order chi connectivity index (χ1) is 10.5. The van der Waals surface area contributed by atoms with Gasteiger partial charge in [-0.05, 0) is 50.6 Å². The molecular weight excluding hydrogens is 304 g/mol. The maximum absolute atomic E-state index is 12.4. The second kappa shape index (κ2) is 7.92. The van der Waals surface area contributed by atoms with Gasteiger partial charge in [0, 0.05) is 19.2 Å². The summed E-state index contributed by atoms with van der Waals surface area (Å²) in [5.74, 6) is 0.628. The molecule has 2 unspecified atom stereocenters. The fraction of sp³-hybridized carbons (Fsp3) is 0.600. The topological polar surface area (TPSA) is 76.7 Å². The average molecular weight is 328 g/mol. The van der Waals surface area contributed by atoms with E-state index in [4.69, 9.17) is 9.47 Å². The molecule has 6 nitrogen and oxygen atoms in total. The van der Waals surface area contributed by atoms with Crippen molar-refractivity contribution in [2.75, 3.05) is 26.9 Å². The molecule has 7 heteroatoms. The number of ether oxygens (including phenoxy) is 2. The van der Waals surface area contributed by atoms with Crippen LogP contribution in [0.3, 0.4) is 0 Å². The Hall–Kier alpha value is -1.15. The lowest BCUT2D eigenvalue weighted by molar-refractivity contribution is 0.146. The van der Waals surface area contributed by atoms with E-state index >= 15 is 0 Å². The maximum atomic E-state index is 12.4. The van der Waals surface area contributed by atoms with Gasteiger partial charge in [0.05, 0.1) is 11.5 Å². The van der Waals surface area contributed by atoms with Crippen LogP contribution < -0.4 is 14.8 Å². The summed E-state index contributed by atoms with van der Waals surface area (Å²) in [6.45, 7) is 3.87. The molecule has 0 radical (unpaired) electrons. The third-order valence-electron chi connectivity index (χ3n) is 3.76. The molecule has 1 aliphatic rings. The van der Waals surface area contributed by atoms with Crippen molar-refractivity contribution in [3.05, 3.63) is 24.3 Å². The van der Waals surface area contributed by atoms with Crippen LogP contribution >= 0.6 is 0 Å². The van der Waals surface area contributed by atoms with Crippen LogP contribution in [-0.2, 0) is 14.8 Å². The zero-order chi connectivity index (χ0) is 16.0. The van der Waals surface area contributed by atoms with Crippen LogP contribution in [0.15, 0.2) is 29.2 Å². The summed E-state index contributed by atoms with van der Waals surface area (Å²) in [4.78, 5) is 0.254. The minimum Gasteiger partial charge on any atom is -0.491 e. The number of methoxy groups -OCH3 is 1. The van der Waals surface area contributed by atoms with Crippen LogP contribution in [0, 0.1) is 0 Å². The van der Waals surface area contributed by atoms with E-state index in [1.807, 2.05) is 6.92 Å². The van der Waals surface area contributed by atoms with Gasteiger partial charge in [0.1, 0.15) is 12.4 Å². The maximum Gasteiger partial charge on any atom is 0.240 e. The van der Waals surface area contributed by atoms with Gasteiger partial charge >= 0.3 is 0 Å². The van der Waals surface area contributed by atoms with Gasteiger partial charge in [0.25, 0.3) is 0 Å². The van der Waals surface area contributed by atoms with E-state index in [1.165, 1.54) is 0 Å². The Kier molecular flexibility index (Phi) is 6.19. The standard InChI is InChI=1S/C15H24N2O4S/c1-12-15(4-3-9-16-12)17-22(18,19)14-7-5-13(6-8-14)21-11-10-20-2/h5-8,12,15-17H,3-4,9-11H2,1-2H3. The van der Waals surface area contributed by atoms with Crippen LogP contribution in [0.25, 0.3) is 0 Å². The summed E-state index contributed by atoms with van der Waals surface area (Å²) < 4.78 is 37.9. The van der Waals surface area contributed by atoms with Crippen molar-refractivity contribution in [2.45, 2.75) is 36.7 Å². The van der Waals surface area contributed by atoms with Gasteiger partial charge in [-0.3, -0.25) is 0 Å². The Labute approximate surface area is 132 Å². The minimum absolute atomic E-state index is 0.0728. The van der Waals surface area contributed by atoms with Crippen LogP contribution in [0.5, 0.6) is 5.75 Å². The molecule has 2 atom stereocenters. The van der Waals surface area contributed by atoms with Crippen molar-refractivity contribution in [3.8, 4) is 5.75 Å². The van der Waals surface area contributed by atoms with E-state index in [2.05, 4.69) is 10.0 Å². The van der Waals surface area contributed by atoms with E-state index in [-0.39, 0.29) is 17.0 Å². The molecule has 0 amide bonds. The first-order valence-corrected chi connectivity index (χ1v) is 8.99. The fourth-order valence-corrected chi connectivity index (χ4v) is 3.78. The third-order valence-corrected chi connectivity index (χ3v) is 5.26. The van der Waals surface area contributed by atoms with Crippen LogP contribution in [-0.4, -0.2) is 47.4 Å². The van der Waals surface area contributed by atoms with Crippen LogP contribution in [0.2, 0.25) is 0 Å². The predicted octanol–water partition coefficient (Wildman–Crippen LogP) is 1.13. The SMILES string of the molecule is COCCOc1ccc(S(=O)(=O)NC2CCCNC2C)cc1. The van der Waals surface area contributed by atoms with Crippen LogP contribution in [0.4, 0.5) is 0 Å². The van der Waals surface area contributed by atoms with Crippen molar-refractivity contribution in [2.24, 2.45) is 0 Å². The lowest BCUT2D eigenvalue weighted by Gasteiger charge is -2.30. The molecule has 1 heterocycles. The molecule has 0 spiro atoms. The quantitative estimate of drug-likeness (QED) is 0.734. The smallest absolute Gasteiger partial charge is 0.240 e. The fourth-order valence-electron chi connectivity index (χ4n) is 2.43. The zero-order valence-electron chi connectivity index (χ0n) is 13.0. The first kappa shape index (κ1) is 17.2. The van der Waals surface area contributed by atoms with Crippen molar-refractivity contribution < 1.29 is 17.9 Å². The summed E-state index contributed by atoms with van der Waals surface area (Å²) in [5.41, 5.74) is 0. The number of sulfonamides is 1. The second-order valence-corrected chi connectivity index (χ2v) is 7.14. The van der Waals surface area contributed by atoms with Crippen molar-refractivity contribution in [3.63, 3.8) is 0 Å². The molecule has 1 aromatic rings. The van der Waals surface area contributed by atoms with E-state index in [0.717, 1.165) is 19.4 Å². The molecule has 0 bridgehead atoms. The Bertz CT molecular complexity index is 559. The van der Waals surface area contributed by atoms with E-state index in [9.17, 15) is 8.42 Å². The molecule has 1 aliphatic heterocycles. The highest BCUT2D eigenvalue weighted by atomic mass is 32.2. The summed E-state index contributed by atoms with van der Waals surface area (Å²) in [5, 5.41) is 3.29. The van der Waals surface area contributed by atoms with Gasteiger partial charge in [-0.2, -0.15) is 0 Å². The van der Waals surface area contributed by atoms with Gasteiger partial charge in [-0.15, -0.1) is 0 Å². The third kappa shape index (κ3) is 4.67. The highest BCUT2D eigenvalue weighted by Crippen LogP contribution is 2.18. The van der Waals surface area contributed by atoms with E-state index < -0.39 is 10.0 Å². The number of nitrogens with one attached hydrogen (secondary N) is 2. The molecule has 1 fully saturated rings. The van der Waals surface area contributed by atoms with Gasteiger partial charge < -0.3 is 14.8 Å². The molecule has 0 saturated carbocycles. The Morgan fingerprint density at radius 1 is 1.27 bits per heavy atom. The summed E-state index contributed by atoms with van der Waals surface area (Å²) in [6.07, 6.45) is 1.83. The predicted molar refractivity (Wildman–Crippen MR) is 84.6 cm³/mol. The molecule has 0 aliphatic carbocycles. The van der Waals surface area contributed by atoms with E-state index in [1.54, 1.807) is 31.4 Å². The lowest BCUT2D eigenvalue weighted by atomic mass is 10.0. The summed E-state index contributed by atoms with van der Waals surface area (Å²) in [6, 6.07) is 6.51. The molecule has 2 N–H and O–H groups in total.